The van der Waals surface area contributed by atoms with Crippen LogP contribution in [0, 0.1) is 0 Å². The van der Waals surface area contributed by atoms with Gasteiger partial charge >= 0.3 is 0 Å². The molecule has 2 fully saturated rings. The second-order valence-corrected chi connectivity index (χ2v) is 3.07. The fourth-order valence-electron chi connectivity index (χ4n) is 1.61. The first-order valence-electron chi connectivity index (χ1n) is 3.95. The highest BCUT2D eigenvalue weighted by atomic mass is 16.5. The lowest BCUT2D eigenvalue weighted by atomic mass is 9.96. The summed E-state index contributed by atoms with van der Waals surface area (Å²) in [6, 6.07) is 0. The molecule has 0 aliphatic carbocycles. The van der Waals surface area contributed by atoms with Gasteiger partial charge in [0.25, 0.3) is 0 Å². The van der Waals surface area contributed by atoms with Gasteiger partial charge < -0.3 is 10.1 Å². The van der Waals surface area contributed by atoms with Crippen molar-refractivity contribution >= 4 is 5.91 Å². The number of rotatable bonds is 0. The van der Waals surface area contributed by atoms with Crippen LogP contribution < -0.4 is 10.6 Å². The van der Waals surface area contributed by atoms with Gasteiger partial charge in [-0.1, -0.05) is 0 Å². The zero-order chi connectivity index (χ0) is 7.73. The van der Waals surface area contributed by atoms with E-state index in [0.29, 0.717) is 13.2 Å². The Morgan fingerprint density at radius 3 is 3.00 bits per heavy atom. The highest BCUT2D eigenvalue weighted by Crippen LogP contribution is 2.19. The minimum absolute atomic E-state index is 0.0984. The van der Waals surface area contributed by atoms with Gasteiger partial charge in [-0.05, 0) is 0 Å². The maximum absolute atomic E-state index is 11.4. The van der Waals surface area contributed by atoms with Crippen LogP contribution in [0.3, 0.4) is 0 Å². The molecule has 2 N–H and O–H groups in total. The molecule has 1 atom stereocenters. The predicted octanol–water partition coefficient (Wildman–Crippen LogP) is -1.14. The summed E-state index contributed by atoms with van der Waals surface area (Å²) in [4.78, 5) is 11.4. The van der Waals surface area contributed by atoms with Gasteiger partial charge in [0, 0.05) is 26.1 Å². The first-order valence-corrected chi connectivity index (χ1v) is 3.95. The molecule has 0 bridgehead atoms. The number of hydrogen-bond donors (Lipinski definition) is 2. The van der Waals surface area contributed by atoms with Gasteiger partial charge in [0.2, 0.25) is 5.91 Å². The Balaban J connectivity index is 2.13. The largest absolute Gasteiger partial charge is 0.379 e. The maximum atomic E-state index is 11.4. The summed E-state index contributed by atoms with van der Waals surface area (Å²) in [5.41, 5.74) is -0.391. The second kappa shape index (κ2) is 2.46. The molecule has 2 rings (SSSR count). The highest BCUT2D eigenvalue weighted by Gasteiger charge is 2.43. The van der Waals surface area contributed by atoms with Crippen LogP contribution in [0.1, 0.15) is 6.42 Å². The van der Waals surface area contributed by atoms with Crippen molar-refractivity contribution in [2.75, 3.05) is 26.3 Å². The van der Waals surface area contributed by atoms with Crippen molar-refractivity contribution in [3.05, 3.63) is 0 Å². The number of amides is 1. The Hall–Kier alpha value is -0.610. The molecule has 2 saturated heterocycles. The summed E-state index contributed by atoms with van der Waals surface area (Å²) in [7, 11) is 0. The molecule has 0 aromatic carbocycles. The van der Waals surface area contributed by atoms with Gasteiger partial charge in [0.1, 0.15) is 5.54 Å². The van der Waals surface area contributed by atoms with Crippen LogP contribution in [0.25, 0.3) is 0 Å². The highest BCUT2D eigenvalue weighted by molar-refractivity contribution is 5.87. The van der Waals surface area contributed by atoms with Crippen LogP contribution in [0.4, 0.5) is 0 Å². The zero-order valence-electron chi connectivity index (χ0n) is 6.35. The van der Waals surface area contributed by atoms with Crippen molar-refractivity contribution in [2.45, 2.75) is 12.0 Å². The lowest BCUT2D eigenvalue weighted by molar-refractivity contribution is -0.129. The van der Waals surface area contributed by atoms with E-state index in [1.54, 1.807) is 0 Å². The number of carbonyl (C=O) groups is 1. The molecule has 0 aromatic rings. The molecule has 0 radical (unpaired) electrons. The van der Waals surface area contributed by atoms with Gasteiger partial charge in [-0.15, -0.1) is 0 Å². The number of nitrogens with one attached hydrogen (secondary N) is 2. The Bertz CT molecular complexity index is 175. The molecule has 1 amide bonds. The number of ether oxygens (including phenoxy) is 1. The monoisotopic (exact) mass is 156 g/mol. The maximum Gasteiger partial charge on any atom is 0.242 e. The average Bonchev–Trinajstić information content (AvgIpc) is 2.46. The van der Waals surface area contributed by atoms with Crippen molar-refractivity contribution in [3.63, 3.8) is 0 Å². The van der Waals surface area contributed by atoms with Gasteiger partial charge in [-0.3, -0.25) is 10.1 Å². The first-order chi connectivity index (χ1) is 5.33. The van der Waals surface area contributed by atoms with Crippen molar-refractivity contribution in [3.8, 4) is 0 Å². The molecule has 1 spiro atoms. The van der Waals surface area contributed by atoms with Crippen LogP contribution in [0.15, 0.2) is 0 Å². The van der Waals surface area contributed by atoms with Crippen molar-refractivity contribution in [1.82, 2.24) is 10.6 Å². The molecule has 4 heteroatoms. The van der Waals surface area contributed by atoms with E-state index in [1.807, 2.05) is 0 Å². The Morgan fingerprint density at radius 2 is 2.36 bits per heavy atom. The molecule has 0 aromatic heterocycles. The minimum Gasteiger partial charge on any atom is -0.379 e. The summed E-state index contributed by atoms with van der Waals surface area (Å²) in [6.07, 6.45) is 0.804. The van der Waals surface area contributed by atoms with Gasteiger partial charge in [0.05, 0.1) is 6.61 Å². The molecule has 2 heterocycles. The quantitative estimate of drug-likeness (QED) is 0.466. The molecule has 0 saturated carbocycles. The molecular formula is C7H12N2O2. The Labute approximate surface area is 65.3 Å². The number of piperazine rings is 1. The van der Waals surface area contributed by atoms with Crippen LogP contribution >= 0.6 is 0 Å². The smallest absolute Gasteiger partial charge is 0.242 e. The van der Waals surface area contributed by atoms with Crippen molar-refractivity contribution in [1.29, 1.82) is 0 Å². The summed E-state index contributed by atoms with van der Waals surface area (Å²) < 4.78 is 5.18. The summed E-state index contributed by atoms with van der Waals surface area (Å²) in [5, 5.41) is 6.04. The molecule has 2 aliphatic heterocycles. The van der Waals surface area contributed by atoms with Crippen LogP contribution in [0.5, 0.6) is 0 Å². The van der Waals surface area contributed by atoms with Gasteiger partial charge in [-0.2, -0.15) is 0 Å². The Morgan fingerprint density at radius 1 is 1.45 bits per heavy atom. The predicted molar refractivity (Wildman–Crippen MR) is 39.2 cm³/mol. The number of carbonyl (C=O) groups excluding carboxylic acids is 1. The van der Waals surface area contributed by atoms with E-state index in [2.05, 4.69) is 10.6 Å². The van der Waals surface area contributed by atoms with E-state index < -0.39 is 5.54 Å². The van der Waals surface area contributed by atoms with E-state index in [0.717, 1.165) is 19.5 Å². The second-order valence-electron chi connectivity index (χ2n) is 3.07. The topological polar surface area (TPSA) is 50.4 Å². The van der Waals surface area contributed by atoms with Crippen LogP contribution in [0.2, 0.25) is 0 Å². The molecule has 4 nitrogen and oxygen atoms in total. The summed E-state index contributed by atoms with van der Waals surface area (Å²) in [6.45, 7) is 2.81. The molecule has 1 unspecified atom stereocenters. The van der Waals surface area contributed by atoms with Crippen LogP contribution in [-0.4, -0.2) is 37.7 Å². The normalized spacial score (nSPS) is 37.6. The van der Waals surface area contributed by atoms with Crippen molar-refractivity contribution < 1.29 is 9.53 Å². The third-order valence-electron chi connectivity index (χ3n) is 2.33. The third kappa shape index (κ3) is 1.02. The van der Waals surface area contributed by atoms with E-state index in [4.69, 9.17) is 4.74 Å². The molecule has 62 valence electrons. The average molecular weight is 156 g/mol. The van der Waals surface area contributed by atoms with E-state index >= 15 is 0 Å². The zero-order valence-corrected chi connectivity index (χ0v) is 6.35. The fraction of sp³-hybridized carbons (Fsp3) is 0.857. The Kier molecular flexibility index (Phi) is 1.58. The summed E-state index contributed by atoms with van der Waals surface area (Å²) in [5.74, 6) is 0.0984. The summed E-state index contributed by atoms with van der Waals surface area (Å²) >= 11 is 0. The van der Waals surface area contributed by atoms with Gasteiger partial charge in [-0.25, -0.2) is 0 Å². The molecule has 2 aliphatic rings. The molecule has 11 heavy (non-hydrogen) atoms. The van der Waals surface area contributed by atoms with E-state index in [-0.39, 0.29) is 5.91 Å². The van der Waals surface area contributed by atoms with Crippen LogP contribution in [-0.2, 0) is 9.53 Å². The third-order valence-corrected chi connectivity index (χ3v) is 2.33. The van der Waals surface area contributed by atoms with E-state index in [1.165, 1.54) is 0 Å². The molecular weight excluding hydrogens is 144 g/mol. The van der Waals surface area contributed by atoms with E-state index in [9.17, 15) is 4.79 Å². The first kappa shape index (κ1) is 7.06. The van der Waals surface area contributed by atoms with Gasteiger partial charge in [0.15, 0.2) is 0 Å². The minimum atomic E-state index is -0.391. The standard InChI is InChI=1S/C7H12N2O2/c10-6-7(1-4-11-5-7)9-3-2-8-6/h9H,1-5H2,(H,8,10). The number of hydrogen-bond acceptors (Lipinski definition) is 3. The van der Waals surface area contributed by atoms with Crippen molar-refractivity contribution in [2.24, 2.45) is 0 Å². The lowest BCUT2D eigenvalue weighted by Crippen LogP contribution is -2.63. The fourth-order valence-corrected chi connectivity index (χ4v) is 1.61. The SMILES string of the molecule is O=C1NCCNC12CCOC2. The lowest BCUT2D eigenvalue weighted by Gasteiger charge is -2.31.